The van der Waals surface area contributed by atoms with Crippen molar-refractivity contribution < 1.29 is 23.6 Å². The molecule has 0 unspecified atom stereocenters. The number of rotatable bonds is 10. The van der Waals surface area contributed by atoms with Crippen molar-refractivity contribution in [2.75, 3.05) is 13.2 Å². The maximum absolute atomic E-state index is 12.7. The fourth-order valence-electron chi connectivity index (χ4n) is 4.32. The second-order valence-electron chi connectivity index (χ2n) is 12.2. The number of benzene rings is 2. The van der Waals surface area contributed by atoms with Crippen molar-refractivity contribution in [1.82, 2.24) is 9.55 Å². The molecular formula is C30H41BN2O5Si. The van der Waals surface area contributed by atoms with Crippen LogP contribution in [0.5, 0.6) is 0 Å². The van der Waals surface area contributed by atoms with Crippen LogP contribution in [0.15, 0.2) is 54.6 Å². The zero-order valence-corrected chi connectivity index (χ0v) is 25.5. The zero-order valence-electron chi connectivity index (χ0n) is 24.5. The maximum Gasteiger partial charge on any atom is 0.494 e. The topological polar surface area (TPSA) is 71.8 Å². The first kappa shape index (κ1) is 29.3. The summed E-state index contributed by atoms with van der Waals surface area (Å²) >= 11 is 0. The number of imidazole rings is 1. The van der Waals surface area contributed by atoms with Crippen LogP contribution in [0.25, 0.3) is 16.6 Å². The summed E-state index contributed by atoms with van der Waals surface area (Å²) in [6.07, 6.45) is 1.52. The standard InChI is InChI=1S/C30H41BN2O5Si/c1-9-36-27(34)20-24(22-14-16-23(17-15-22)31-37-29(2,3)30(4,5)38-31)28-32-25-12-10-11-13-26(25)33(28)21-35-18-19-39(6,7)8/h10-17,20H,9,18-19,21H2,1-8H3. The zero-order chi connectivity index (χ0) is 28.4. The monoisotopic (exact) mass is 548 g/mol. The van der Waals surface area contributed by atoms with Crippen LogP contribution >= 0.6 is 0 Å². The van der Waals surface area contributed by atoms with E-state index in [2.05, 4.69) is 19.6 Å². The Morgan fingerprint density at radius 3 is 2.28 bits per heavy atom. The molecule has 0 saturated carbocycles. The number of aromatic nitrogens is 2. The number of ether oxygens (including phenoxy) is 2. The van der Waals surface area contributed by atoms with E-state index in [0.29, 0.717) is 31.3 Å². The minimum absolute atomic E-state index is 0.291. The molecule has 9 heteroatoms. The van der Waals surface area contributed by atoms with Crippen LogP contribution in [0.2, 0.25) is 25.7 Å². The smallest absolute Gasteiger partial charge is 0.463 e. The molecule has 3 aromatic rings. The molecule has 0 spiro atoms. The fraction of sp³-hybridized carbons (Fsp3) is 0.467. The summed E-state index contributed by atoms with van der Waals surface area (Å²) in [5.74, 6) is 0.237. The Balaban J connectivity index is 1.71. The number of carbonyl (C=O) groups excluding carboxylic acids is 1. The van der Waals surface area contributed by atoms with Gasteiger partial charge in [-0.1, -0.05) is 56.0 Å². The number of esters is 1. The van der Waals surface area contributed by atoms with Crippen molar-refractivity contribution in [3.8, 4) is 0 Å². The van der Waals surface area contributed by atoms with Crippen LogP contribution in [0.4, 0.5) is 0 Å². The molecule has 0 atom stereocenters. The van der Waals surface area contributed by atoms with Crippen LogP contribution < -0.4 is 5.46 Å². The lowest BCUT2D eigenvalue weighted by atomic mass is 9.78. The molecule has 39 heavy (non-hydrogen) atoms. The maximum atomic E-state index is 12.7. The highest BCUT2D eigenvalue weighted by molar-refractivity contribution is 6.76. The first-order chi connectivity index (χ1) is 18.3. The van der Waals surface area contributed by atoms with E-state index in [1.807, 2.05) is 80.8 Å². The average Bonchev–Trinajstić information content (AvgIpc) is 3.32. The Morgan fingerprint density at radius 1 is 1.03 bits per heavy atom. The van der Waals surface area contributed by atoms with Crippen molar-refractivity contribution >= 4 is 43.2 Å². The van der Waals surface area contributed by atoms with Crippen LogP contribution in [-0.2, 0) is 30.3 Å². The van der Waals surface area contributed by atoms with Crippen molar-refractivity contribution in [3.05, 3.63) is 66.0 Å². The van der Waals surface area contributed by atoms with Gasteiger partial charge in [-0.2, -0.15) is 0 Å². The lowest BCUT2D eigenvalue weighted by molar-refractivity contribution is -0.137. The SMILES string of the molecule is CCOC(=O)C=C(c1ccc(B2OC(C)(C)C(C)(C)O2)cc1)c1nc2ccccc2n1COCC[Si](C)(C)C. The van der Waals surface area contributed by atoms with E-state index in [-0.39, 0.29) is 0 Å². The first-order valence-corrected chi connectivity index (χ1v) is 17.4. The molecule has 208 valence electrons. The molecule has 1 aliphatic heterocycles. The van der Waals surface area contributed by atoms with Crippen LogP contribution in [-0.4, -0.2) is 55.1 Å². The van der Waals surface area contributed by atoms with Gasteiger partial charge in [-0.3, -0.25) is 4.57 Å². The molecule has 2 heterocycles. The summed E-state index contributed by atoms with van der Waals surface area (Å²) in [5.41, 5.74) is 3.35. The highest BCUT2D eigenvalue weighted by Crippen LogP contribution is 2.36. The summed E-state index contributed by atoms with van der Waals surface area (Å²) in [7, 11) is -1.70. The van der Waals surface area contributed by atoms with Gasteiger partial charge in [0.25, 0.3) is 0 Å². The van der Waals surface area contributed by atoms with E-state index in [4.69, 9.17) is 23.8 Å². The summed E-state index contributed by atoms with van der Waals surface area (Å²) in [4.78, 5) is 17.6. The Labute approximate surface area is 233 Å². The van der Waals surface area contributed by atoms with Gasteiger partial charge in [0.15, 0.2) is 0 Å². The fourth-order valence-corrected chi connectivity index (χ4v) is 5.08. The lowest BCUT2D eigenvalue weighted by Crippen LogP contribution is -2.41. The van der Waals surface area contributed by atoms with E-state index in [1.54, 1.807) is 6.92 Å². The number of nitrogens with zero attached hydrogens (tertiary/aromatic N) is 2. The highest BCUT2D eigenvalue weighted by atomic mass is 28.3. The molecule has 1 aliphatic rings. The van der Waals surface area contributed by atoms with Crippen LogP contribution in [0.3, 0.4) is 0 Å². The van der Waals surface area contributed by atoms with Crippen molar-refractivity contribution in [1.29, 1.82) is 0 Å². The molecule has 0 N–H and O–H groups in total. The number of fused-ring (bicyclic) bond motifs is 1. The van der Waals surface area contributed by atoms with Gasteiger partial charge in [0.1, 0.15) is 12.6 Å². The summed E-state index contributed by atoms with van der Waals surface area (Å²) in [5, 5.41) is 0. The Kier molecular flexibility index (Phi) is 8.56. The third kappa shape index (κ3) is 6.72. The molecule has 1 aromatic heterocycles. The molecule has 1 saturated heterocycles. The molecule has 2 aromatic carbocycles. The van der Waals surface area contributed by atoms with Gasteiger partial charge < -0.3 is 18.8 Å². The summed E-state index contributed by atoms with van der Waals surface area (Å²) in [6.45, 7) is 18.3. The normalized spacial score (nSPS) is 17.1. The molecule has 1 fully saturated rings. The van der Waals surface area contributed by atoms with Gasteiger partial charge in [0, 0.05) is 26.3 Å². The van der Waals surface area contributed by atoms with Gasteiger partial charge in [0.2, 0.25) is 0 Å². The van der Waals surface area contributed by atoms with Gasteiger partial charge in [0.05, 0.1) is 28.8 Å². The molecule has 0 bridgehead atoms. The minimum Gasteiger partial charge on any atom is -0.463 e. The average molecular weight is 549 g/mol. The number of carbonyl (C=O) groups is 1. The molecule has 4 rings (SSSR count). The molecule has 7 nitrogen and oxygen atoms in total. The van der Waals surface area contributed by atoms with Crippen molar-refractivity contribution in [2.24, 2.45) is 0 Å². The quantitative estimate of drug-likeness (QED) is 0.141. The third-order valence-corrected chi connectivity index (χ3v) is 9.11. The largest absolute Gasteiger partial charge is 0.494 e. The second kappa shape index (κ2) is 11.4. The number of hydrogen-bond acceptors (Lipinski definition) is 6. The van der Waals surface area contributed by atoms with Gasteiger partial charge in [-0.05, 0) is 63.8 Å². The Morgan fingerprint density at radius 2 is 1.67 bits per heavy atom. The molecule has 0 aliphatic carbocycles. The van der Waals surface area contributed by atoms with E-state index in [9.17, 15) is 4.79 Å². The van der Waals surface area contributed by atoms with Crippen molar-refractivity contribution in [3.63, 3.8) is 0 Å². The number of hydrogen-bond donors (Lipinski definition) is 0. The molecule has 0 amide bonds. The van der Waals surface area contributed by atoms with Crippen LogP contribution in [0, 0.1) is 0 Å². The van der Waals surface area contributed by atoms with E-state index in [0.717, 1.165) is 28.1 Å². The highest BCUT2D eigenvalue weighted by Gasteiger charge is 2.51. The van der Waals surface area contributed by atoms with Gasteiger partial charge in [-0.25, -0.2) is 9.78 Å². The number of para-hydroxylation sites is 2. The predicted molar refractivity (Wildman–Crippen MR) is 160 cm³/mol. The minimum atomic E-state index is -1.23. The third-order valence-electron chi connectivity index (χ3n) is 7.41. The van der Waals surface area contributed by atoms with Gasteiger partial charge in [-0.15, -0.1) is 0 Å². The first-order valence-electron chi connectivity index (χ1n) is 13.7. The summed E-state index contributed by atoms with van der Waals surface area (Å²) < 4.78 is 25.9. The molecule has 0 radical (unpaired) electrons. The second-order valence-corrected chi connectivity index (χ2v) is 17.8. The summed E-state index contributed by atoms with van der Waals surface area (Å²) in [6, 6.07) is 16.9. The van der Waals surface area contributed by atoms with E-state index < -0.39 is 32.4 Å². The van der Waals surface area contributed by atoms with Crippen LogP contribution in [0.1, 0.15) is 46.0 Å². The van der Waals surface area contributed by atoms with Gasteiger partial charge >= 0.3 is 13.1 Å². The Bertz CT molecular complexity index is 1330. The van der Waals surface area contributed by atoms with E-state index in [1.165, 1.54) is 6.08 Å². The Hall–Kier alpha value is -2.72. The van der Waals surface area contributed by atoms with Crippen molar-refractivity contribution in [2.45, 2.75) is 78.2 Å². The predicted octanol–water partition coefficient (Wildman–Crippen LogP) is 5.64. The lowest BCUT2D eigenvalue weighted by Gasteiger charge is -2.32. The van der Waals surface area contributed by atoms with E-state index >= 15 is 0 Å². The molecular weight excluding hydrogens is 507 g/mol.